The highest BCUT2D eigenvalue weighted by Gasteiger charge is 2.23. The molecular formula is C17H25FN2O. The average Bonchev–Trinajstić information content (AvgIpc) is 2.44. The number of benzene rings is 1. The summed E-state index contributed by atoms with van der Waals surface area (Å²) in [5, 5.41) is 16.3. The molecule has 3 nitrogen and oxygen atoms in total. The third-order valence-electron chi connectivity index (χ3n) is 3.04. The summed E-state index contributed by atoms with van der Waals surface area (Å²) in [6, 6.07) is 5.04. The monoisotopic (exact) mass is 292 g/mol. The highest BCUT2D eigenvalue weighted by Crippen LogP contribution is 2.25. The Morgan fingerprint density at radius 1 is 1.29 bits per heavy atom. The molecule has 0 saturated carbocycles. The first-order valence-corrected chi connectivity index (χ1v) is 7.27. The van der Waals surface area contributed by atoms with E-state index in [4.69, 9.17) is 0 Å². The van der Waals surface area contributed by atoms with Crippen molar-refractivity contribution in [2.24, 2.45) is 0 Å². The fourth-order valence-corrected chi connectivity index (χ4v) is 2.07. The minimum Gasteiger partial charge on any atom is -0.386 e. The van der Waals surface area contributed by atoms with E-state index in [1.54, 1.807) is 32.2 Å². The molecule has 0 radical (unpaired) electrons. The molecule has 1 aliphatic heterocycles. The van der Waals surface area contributed by atoms with Gasteiger partial charge in [0.1, 0.15) is 5.82 Å². The summed E-state index contributed by atoms with van der Waals surface area (Å²) in [5.41, 5.74) is 1.85. The van der Waals surface area contributed by atoms with E-state index in [-0.39, 0.29) is 5.82 Å². The van der Waals surface area contributed by atoms with Crippen molar-refractivity contribution < 1.29 is 9.50 Å². The summed E-state index contributed by atoms with van der Waals surface area (Å²) < 4.78 is 13.8. The molecule has 0 atom stereocenters. The van der Waals surface area contributed by atoms with Gasteiger partial charge < -0.3 is 15.7 Å². The van der Waals surface area contributed by atoms with Crippen LogP contribution in [-0.4, -0.2) is 17.3 Å². The predicted octanol–water partition coefficient (Wildman–Crippen LogP) is 3.71. The molecule has 0 saturated heterocycles. The molecule has 1 aromatic carbocycles. The van der Waals surface area contributed by atoms with Gasteiger partial charge in [-0.05, 0) is 50.7 Å². The fourth-order valence-electron chi connectivity index (χ4n) is 2.07. The largest absolute Gasteiger partial charge is 0.386 e. The second-order valence-electron chi connectivity index (χ2n) is 5.27. The zero-order valence-corrected chi connectivity index (χ0v) is 13.4. The Balaban J connectivity index is 0.00000106. The van der Waals surface area contributed by atoms with Crippen molar-refractivity contribution in [2.45, 2.75) is 40.2 Å². The number of hydrogen-bond donors (Lipinski definition) is 3. The average molecular weight is 292 g/mol. The summed E-state index contributed by atoms with van der Waals surface area (Å²) >= 11 is 0. The van der Waals surface area contributed by atoms with E-state index in [0.717, 1.165) is 16.8 Å². The van der Waals surface area contributed by atoms with Crippen molar-refractivity contribution in [1.29, 1.82) is 0 Å². The van der Waals surface area contributed by atoms with Crippen LogP contribution >= 0.6 is 0 Å². The van der Waals surface area contributed by atoms with Crippen molar-refractivity contribution in [3.63, 3.8) is 0 Å². The number of hydrogen-bond acceptors (Lipinski definition) is 3. The quantitative estimate of drug-likeness (QED) is 0.795. The number of dihydropyridines is 1. The lowest BCUT2D eigenvalue weighted by atomic mass is 9.94. The van der Waals surface area contributed by atoms with E-state index < -0.39 is 5.60 Å². The van der Waals surface area contributed by atoms with Gasteiger partial charge in [0.05, 0.1) is 17.8 Å². The van der Waals surface area contributed by atoms with Gasteiger partial charge in [-0.25, -0.2) is 4.39 Å². The second kappa shape index (κ2) is 7.27. The molecule has 0 aromatic heterocycles. The minimum absolute atomic E-state index is 0.294. The van der Waals surface area contributed by atoms with Crippen LogP contribution in [0.25, 0.3) is 0 Å². The van der Waals surface area contributed by atoms with Gasteiger partial charge in [-0.1, -0.05) is 19.9 Å². The SMILES string of the molecule is CC.Cc1ccc(NC2=C(C(C)(C)O)C=CNC2)c(F)c1. The lowest BCUT2D eigenvalue weighted by Crippen LogP contribution is -2.30. The number of aryl methyl sites for hydroxylation is 1. The van der Waals surface area contributed by atoms with Crippen LogP contribution in [0.4, 0.5) is 10.1 Å². The highest BCUT2D eigenvalue weighted by atomic mass is 19.1. The number of nitrogens with one attached hydrogen (secondary N) is 2. The standard InChI is InChI=1S/C15H19FN2O.C2H6/c1-10-4-5-13(12(16)8-10)18-14-9-17-7-6-11(14)15(2,3)19;1-2/h4-8,17-19H,9H2,1-3H3;1-2H3. The second-order valence-corrected chi connectivity index (χ2v) is 5.27. The molecule has 4 heteroatoms. The molecule has 0 unspecified atom stereocenters. The summed E-state index contributed by atoms with van der Waals surface area (Å²) in [6.45, 7) is 9.80. The van der Waals surface area contributed by atoms with Gasteiger partial charge in [-0.2, -0.15) is 0 Å². The number of aliphatic hydroxyl groups is 1. The Morgan fingerprint density at radius 3 is 2.52 bits per heavy atom. The van der Waals surface area contributed by atoms with Crippen LogP contribution in [0.15, 0.2) is 41.7 Å². The van der Waals surface area contributed by atoms with Crippen LogP contribution in [0.1, 0.15) is 33.3 Å². The van der Waals surface area contributed by atoms with Gasteiger partial charge in [-0.15, -0.1) is 0 Å². The van der Waals surface area contributed by atoms with Crippen molar-refractivity contribution in [3.8, 4) is 0 Å². The number of anilines is 1. The Kier molecular flexibility index (Phi) is 5.97. The molecule has 0 aliphatic carbocycles. The smallest absolute Gasteiger partial charge is 0.146 e. The number of rotatable bonds is 3. The van der Waals surface area contributed by atoms with E-state index in [2.05, 4.69) is 10.6 Å². The van der Waals surface area contributed by atoms with Crippen molar-refractivity contribution >= 4 is 5.69 Å². The fraction of sp³-hybridized carbons (Fsp3) is 0.412. The van der Waals surface area contributed by atoms with Gasteiger partial charge in [-0.3, -0.25) is 0 Å². The zero-order valence-electron chi connectivity index (χ0n) is 13.4. The predicted molar refractivity (Wildman–Crippen MR) is 86.6 cm³/mol. The third-order valence-corrected chi connectivity index (χ3v) is 3.04. The van der Waals surface area contributed by atoms with E-state index >= 15 is 0 Å². The Labute approximate surface area is 126 Å². The zero-order chi connectivity index (χ0) is 16.0. The van der Waals surface area contributed by atoms with Gasteiger partial charge in [0.15, 0.2) is 0 Å². The summed E-state index contributed by atoms with van der Waals surface area (Å²) in [4.78, 5) is 0. The van der Waals surface area contributed by atoms with Crippen LogP contribution in [0.3, 0.4) is 0 Å². The summed E-state index contributed by atoms with van der Waals surface area (Å²) in [6.07, 6.45) is 3.59. The summed E-state index contributed by atoms with van der Waals surface area (Å²) in [5.74, 6) is -0.294. The molecular weight excluding hydrogens is 267 g/mol. The molecule has 0 bridgehead atoms. The minimum atomic E-state index is -0.970. The molecule has 2 rings (SSSR count). The molecule has 1 heterocycles. The van der Waals surface area contributed by atoms with E-state index in [1.165, 1.54) is 6.07 Å². The first kappa shape index (κ1) is 17.2. The lowest BCUT2D eigenvalue weighted by molar-refractivity contribution is 0.122. The molecule has 21 heavy (non-hydrogen) atoms. The van der Waals surface area contributed by atoms with Gasteiger partial charge in [0.2, 0.25) is 0 Å². The van der Waals surface area contributed by atoms with Gasteiger partial charge >= 0.3 is 0 Å². The van der Waals surface area contributed by atoms with Crippen molar-refractivity contribution in [1.82, 2.24) is 5.32 Å². The van der Waals surface area contributed by atoms with E-state index in [0.29, 0.717) is 12.2 Å². The van der Waals surface area contributed by atoms with E-state index in [1.807, 2.05) is 26.8 Å². The van der Waals surface area contributed by atoms with Crippen molar-refractivity contribution in [2.75, 3.05) is 11.9 Å². The van der Waals surface area contributed by atoms with Gasteiger partial charge in [0, 0.05) is 11.3 Å². The van der Waals surface area contributed by atoms with Crippen LogP contribution < -0.4 is 10.6 Å². The maximum Gasteiger partial charge on any atom is 0.146 e. The van der Waals surface area contributed by atoms with E-state index in [9.17, 15) is 9.50 Å². The molecule has 116 valence electrons. The van der Waals surface area contributed by atoms with Crippen molar-refractivity contribution in [3.05, 3.63) is 53.1 Å². The topological polar surface area (TPSA) is 44.3 Å². The molecule has 1 aromatic rings. The van der Waals surface area contributed by atoms with Crippen LogP contribution in [-0.2, 0) is 0 Å². The molecule has 1 aliphatic rings. The molecule has 0 amide bonds. The van der Waals surface area contributed by atoms with Crippen LogP contribution in [0, 0.1) is 12.7 Å². The first-order chi connectivity index (χ1) is 9.88. The Hall–Kier alpha value is -1.81. The maximum atomic E-state index is 13.8. The van der Waals surface area contributed by atoms with Gasteiger partial charge in [0.25, 0.3) is 0 Å². The Morgan fingerprint density at radius 2 is 1.95 bits per heavy atom. The Bertz CT molecular complexity index is 542. The highest BCUT2D eigenvalue weighted by molar-refractivity contribution is 5.54. The number of halogens is 1. The van der Waals surface area contributed by atoms with Crippen LogP contribution in [0.5, 0.6) is 0 Å². The van der Waals surface area contributed by atoms with Crippen LogP contribution in [0.2, 0.25) is 0 Å². The maximum absolute atomic E-state index is 13.8. The lowest BCUT2D eigenvalue weighted by Gasteiger charge is -2.27. The normalized spacial score (nSPS) is 14.2. The molecule has 0 fully saturated rings. The summed E-state index contributed by atoms with van der Waals surface area (Å²) in [7, 11) is 0. The first-order valence-electron chi connectivity index (χ1n) is 7.27. The molecule has 0 spiro atoms. The molecule has 3 N–H and O–H groups in total. The third kappa shape index (κ3) is 4.60.